The van der Waals surface area contributed by atoms with Crippen molar-refractivity contribution in [1.82, 2.24) is 4.31 Å². The van der Waals surface area contributed by atoms with E-state index in [1.165, 1.54) is 15.6 Å². The van der Waals surface area contributed by atoms with Crippen LogP contribution in [0.4, 0.5) is 0 Å². The predicted octanol–water partition coefficient (Wildman–Crippen LogP) is 1.00. The largest absolute Gasteiger partial charge is 0.377 e. The van der Waals surface area contributed by atoms with E-state index in [1.807, 2.05) is 6.92 Å². The maximum atomic E-state index is 12.4. The second kappa shape index (κ2) is 5.26. The smallest absolute Gasteiger partial charge is 0.252 e. The predicted molar refractivity (Wildman–Crippen MR) is 71.0 cm³/mol. The SMILES string of the molecule is CC1OCCC1N(C)S(=O)(=O)c1cc(CN)cs1. The number of thiophene rings is 1. The zero-order valence-corrected chi connectivity index (χ0v) is 12.1. The van der Waals surface area contributed by atoms with E-state index in [0.717, 1.165) is 12.0 Å². The highest BCUT2D eigenvalue weighted by molar-refractivity contribution is 7.91. The van der Waals surface area contributed by atoms with E-state index in [1.54, 1.807) is 18.5 Å². The van der Waals surface area contributed by atoms with Gasteiger partial charge >= 0.3 is 0 Å². The lowest BCUT2D eigenvalue weighted by Gasteiger charge is -2.25. The minimum atomic E-state index is -3.43. The zero-order chi connectivity index (χ0) is 13.3. The Kier molecular flexibility index (Phi) is 4.08. The molecule has 0 aromatic carbocycles. The number of hydrogen-bond donors (Lipinski definition) is 1. The van der Waals surface area contributed by atoms with Crippen LogP contribution < -0.4 is 5.73 Å². The van der Waals surface area contributed by atoms with E-state index in [9.17, 15) is 8.42 Å². The van der Waals surface area contributed by atoms with Crippen LogP contribution in [0.5, 0.6) is 0 Å². The van der Waals surface area contributed by atoms with Gasteiger partial charge in [0, 0.05) is 20.2 Å². The van der Waals surface area contributed by atoms with E-state index in [-0.39, 0.29) is 12.1 Å². The number of ether oxygens (including phenoxy) is 1. The molecule has 2 rings (SSSR count). The van der Waals surface area contributed by atoms with Gasteiger partial charge in [-0.1, -0.05) is 0 Å². The Morgan fingerprint density at radius 2 is 2.33 bits per heavy atom. The molecule has 2 unspecified atom stereocenters. The van der Waals surface area contributed by atoms with Crippen molar-refractivity contribution in [3.05, 3.63) is 17.0 Å². The first-order valence-corrected chi connectivity index (χ1v) is 8.16. The van der Waals surface area contributed by atoms with Crippen LogP contribution in [0.1, 0.15) is 18.9 Å². The second-order valence-corrected chi connectivity index (χ2v) is 7.57. The van der Waals surface area contributed by atoms with Gasteiger partial charge in [0.25, 0.3) is 10.0 Å². The molecular formula is C11H18N2O3S2. The normalized spacial score (nSPS) is 24.9. The molecule has 1 fully saturated rings. The van der Waals surface area contributed by atoms with Gasteiger partial charge in [-0.25, -0.2) is 8.42 Å². The van der Waals surface area contributed by atoms with Crippen molar-refractivity contribution < 1.29 is 13.2 Å². The Balaban J connectivity index is 2.24. The first kappa shape index (κ1) is 14.0. The summed E-state index contributed by atoms with van der Waals surface area (Å²) in [4.78, 5) is 0. The van der Waals surface area contributed by atoms with E-state index < -0.39 is 10.0 Å². The maximum absolute atomic E-state index is 12.4. The van der Waals surface area contributed by atoms with Crippen LogP contribution in [0.15, 0.2) is 15.7 Å². The third kappa shape index (κ3) is 2.46. The summed E-state index contributed by atoms with van der Waals surface area (Å²) < 4.78 is 32.1. The standard InChI is InChI=1S/C11H18N2O3S2/c1-8-10(3-4-16-8)13(2)18(14,15)11-5-9(6-12)7-17-11/h5,7-8,10H,3-4,6,12H2,1-2H3. The van der Waals surface area contributed by atoms with Crippen molar-refractivity contribution in [2.75, 3.05) is 13.7 Å². The molecule has 1 aliphatic rings. The summed E-state index contributed by atoms with van der Waals surface area (Å²) in [5.41, 5.74) is 6.35. The first-order valence-electron chi connectivity index (χ1n) is 5.84. The van der Waals surface area contributed by atoms with Crippen molar-refractivity contribution >= 4 is 21.4 Å². The summed E-state index contributed by atoms with van der Waals surface area (Å²) in [6.45, 7) is 2.88. The molecule has 2 heterocycles. The van der Waals surface area contributed by atoms with E-state index in [2.05, 4.69) is 0 Å². The molecule has 1 aliphatic heterocycles. The summed E-state index contributed by atoms with van der Waals surface area (Å²) in [5, 5.41) is 1.79. The lowest BCUT2D eigenvalue weighted by atomic mass is 10.2. The van der Waals surface area contributed by atoms with Crippen molar-refractivity contribution in [1.29, 1.82) is 0 Å². The van der Waals surface area contributed by atoms with Crippen LogP contribution in [-0.2, 0) is 21.3 Å². The van der Waals surface area contributed by atoms with Crippen LogP contribution in [0.2, 0.25) is 0 Å². The number of nitrogens with two attached hydrogens (primary N) is 1. The first-order chi connectivity index (χ1) is 8.46. The Labute approximate surface area is 112 Å². The third-order valence-corrected chi connectivity index (χ3v) is 6.65. The van der Waals surface area contributed by atoms with Crippen LogP contribution in [0.3, 0.4) is 0 Å². The molecule has 18 heavy (non-hydrogen) atoms. The molecule has 0 bridgehead atoms. The molecular weight excluding hydrogens is 272 g/mol. The highest BCUT2D eigenvalue weighted by Crippen LogP contribution is 2.28. The van der Waals surface area contributed by atoms with Crippen molar-refractivity contribution in [3.63, 3.8) is 0 Å². The van der Waals surface area contributed by atoms with Gasteiger partial charge in [0.1, 0.15) is 4.21 Å². The van der Waals surface area contributed by atoms with Gasteiger partial charge in [0.15, 0.2) is 0 Å². The molecule has 102 valence electrons. The van der Waals surface area contributed by atoms with Crippen LogP contribution in [0.25, 0.3) is 0 Å². The molecule has 0 amide bonds. The van der Waals surface area contributed by atoms with Crippen molar-refractivity contribution in [2.45, 2.75) is 36.2 Å². The van der Waals surface area contributed by atoms with Gasteiger partial charge in [-0.05, 0) is 30.4 Å². The van der Waals surface area contributed by atoms with Gasteiger partial charge in [-0.3, -0.25) is 0 Å². The summed E-state index contributed by atoms with van der Waals surface area (Å²) in [6, 6.07) is 1.56. The highest BCUT2D eigenvalue weighted by Gasteiger charge is 2.35. The number of rotatable bonds is 4. The van der Waals surface area contributed by atoms with Gasteiger partial charge in [0.2, 0.25) is 0 Å². The van der Waals surface area contributed by atoms with E-state index in [0.29, 0.717) is 17.4 Å². The van der Waals surface area contributed by atoms with Crippen molar-refractivity contribution in [3.8, 4) is 0 Å². The molecule has 2 atom stereocenters. The Hall–Kier alpha value is -0.470. The van der Waals surface area contributed by atoms with Gasteiger partial charge in [0.05, 0.1) is 12.1 Å². The second-order valence-electron chi connectivity index (χ2n) is 4.43. The fourth-order valence-electron chi connectivity index (χ4n) is 2.11. The molecule has 0 radical (unpaired) electrons. The Morgan fingerprint density at radius 3 is 2.83 bits per heavy atom. The average Bonchev–Trinajstić information content (AvgIpc) is 2.96. The third-order valence-electron chi connectivity index (χ3n) is 3.30. The van der Waals surface area contributed by atoms with Gasteiger partial charge < -0.3 is 10.5 Å². The molecule has 0 spiro atoms. The number of sulfonamides is 1. The summed E-state index contributed by atoms with van der Waals surface area (Å²) in [5.74, 6) is 0. The molecule has 7 heteroatoms. The average molecular weight is 290 g/mol. The fourth-order valence-corrected chi connectivity index (χ4v) is 4.97. The monoisotopic (exact) mass is 290 g/mol. The Bertz CT molecular complexity index is 512. The van der Waals surface area contributed by atoms with Crippen LogP contribution in [0, 0.1) is 0 Å². The maximum Gasteiger partial charge on any atom is 0.252 e. The zero-order valence-electron chi connectivity index (χ0n) is 10.5. The topological polar surface area (TPSA) is 72.6 Å². The van der Waals surface area contributed by atoms with E-state index >= 15 is 0 Å². The molecule has 1 saturated heterocycles. The molecule has 0 saturated carbocycles. The molecule has 5 nitrogen and oxygen atoms in total. The highest BCUT2D eigenvalue weighted by atomic mass is 32.2. The quantitative estimate of drug-likeness (QED) is 0.898. The summed E-state index contributed by atoms with van der Waals surface area (Å²) >= 11 is 1.22. The minimum absolute atomic E-state index is 0.0567. The lowest BCUT2D eigenvalue weighted by Crippen LogP contribution is -2.40. The number of likely N-dealkylation sites (N-methyl/N-ethyl adjacent to an activating group) is 1. The molecule has 2 N–H and O–H groups in total. The van der Waals surface area contributed by atoms with Crippen LogP contribution in [-0.4, -0.2) is 38.5 Å². The fraction of sp³-hybridized carbons (Fsp3) is 0.636. The number of nitrogens with zero attached hydrogens (tertiary/aromatic N) is 1. The summed E-state index contributed by atoms with van der Waals surface area (Å²) in [6.07, 6.45) is 0.685. The summed E-state index contributed by atoms with van der Waals surface area (Å²) in [7, 11) is -1.81. The molecule has 1 aromatic rings. The number of hydrogen-bond acceptors (Lipinski definition) is 5. The van der Waals surface area contributed by atoms with E-state index in [4.69, 9.17) is 10.5 Å². The van der Waals surface area contributed by atoms with Gasteiger partial charge in [-0.2, -0.15) is 4.31 Å². The molecule has 0 aliphatic carbocycles. The van der Waals surface area contributed by atoms with Crippen molar-refractivity contribution in [2.24, 2.45) is 5.73 Å². The Morgan fingerprint density at radius 1 is 1.61 bits per heavy atom. The van der Waals surface area contributed by atoms with Gasteiger partial charge in [-0.15, -0.1) is 11.3 Å². The lowest BCUT2D eigenvalue weighted by molar-refractivity contribution is 0.102. The minimum Gasteiger partial charge on any atom is -0.377 e. The molecule has 1 aromatic heterocycles. The van der Waals surface area contributed by atoms with Crippen LogP contribution >= 0.6 is 11.3 Å².